The van der Waals surface area contributed by atoms with E-state index in [1.54, 1.807) is 25.8 Å². The first-order valence-electron chi connectivity index (χ1n) is 12.4. The maximum Gasteiger partial charge on any atom is 0.528 e. The second-order valence-corrected chi connectivity index (χ2v) is 10.8. The summed E-state index contributed by atoms with van der Waals surface area (Å²) in [5.41, 5.74) is 1.20. The Morgan fingerprint density at radius 3 is 2.58 bits per heavy atom. The number of hydroxylamine groups is 2. The molecule has 0 bridgehead atoms. The molecule has 192 valence electrons. The number of halogens is 1. The highest BCUT2D eigenvalue weighted by atomic mass is 35.5. The van der Waals surface area contributed by atoms with Crippen LogP contribution in [0.4, 0.5) is 4.79 Å². The fourth-order valence-corrected chi connectivity index (χ4v) is 5.08. The molecule has 1 fully saturated rings. The molecule has 1 aliphatic heterocycles. The minimum Gasteiger partial charge on any atom is -0.427 e. The Labute approximate surface area is 214 Å². The second kappa shape index (κ2) is 9.82. The van der Waals surface area contributed by atoms with E-state index in [-0.39, 0.29) is 12.5 Å². The second-order valence-electron chi connectivity index (χ2n) is 10.4. The number of benzene rings is 1. The Kier molecular flexibility index (Phi) is 6.74. The van der Waals surface area contributed by atoms with Gasteiger partial charge in [-0.2, -0.15) is 4.98 Å². The summed E-state index contributed by atoms with van der Waals surface area (Å²) in [6.07, 6.45) is 3.78. The van der Waals surface area contributed by atoms with E-state index in [9.17, 15) is 4.79 Å². The zero-order chi connectivity index (χ0) is 25.4. The maximum atomic E-state index is 12.4. The van der Waals surface area contributed by atoms with E-state index in [2.05, 4.69) is 24.9 Å². The van der Waals surface area contributed by atoms with Gasteiger partial charge >= 0.3 is 6.16 Å². The summed E-state index contributed by atoms with van der Waals surface area (Å²) >= 11 is 6.34. The molecule has 10 nitrogen and oxygen atoms in total. The quantitative estimate of drug-likeness (QED) is 0.417. The summed E-state index contributed by atoms with van der Waals surface area (Å²) in [5, 5.41) is 15.4. The highest BCUT2D eigenvalue weighted by molar-refractivity contribution is 6.30. The van der Waals surface area contributed by atoms with E-state index in [0.717, 1.165) is 55.0 Å². The molecule has 1 aliphatic carbocycles. The van der Waals surface area contributed by atoms with Crippen molar-refractivity contribution in [2.24, 2.45) is 0 Å². The topological polar surface area (TPSA) is 108 Å². The predicted octanol–water partition coefficient (Wildman–Crippen LogP) is 5.49. The number of ether oxygens (including phenoxy) is 1. The van der Waals surface area contributed by atoms with Crippen molar-refractivity contribution in [3.8, 4) is 5.69 Å². The van der Waals surface area contributed by atoms with Crippen LogP contribution in [0, 0.1) is 0 Å². The van der Waals surface area contributed by atoms with Crippen LogP contribution in [0.25, 0.3) is 5.69 Å². The van der Waals surface area contributed by atoms with Crippen LogP contribution in [0.2, 0.25) is 5.02 Å². The molecule has 0 saturated heterocycles. The van der Waals surface area contributed by atoms with Crippen LogP contribution in [0.1, 0.15) is 94.1 Å². The molecule has 0 spiro atoms. The third-order valence-corrected chi connectivity index (χ3v) is 6.77. The minimum absolute atomic E-state index is 0.238. The van der Waals surface area contributed by atoms with Crippen molar-refractivity contribution in [3.05, 3.63) is 52.1 Å². The van der Waals surface area contributed by atoms with E-state index < -0.39 is 11.8 Å². The van der Waals surface area contributed by atoms with Crippen LogP contribution in [0.3, 0.4) is 0 Å². The van der Waals surface area contributed by atoms with Gasteiger partial charge in [-0.05, 0) is 70.2 Å². The first-order valence-corrected chi connectivity index (χ1v) is 12.8. The van der Waals surface area contributed by atoms with Crippen LogP contribution in [0.5, 0.6) is 0 Å². The molecular weight excluding hydrogens is 484 g/mol. The standard InChI is InChI=1S/C25H31ClN6O4/c1-5-21-27-22(30-35-21)15-6-8-16(9-7-15)23-29-28-20-14-31(36-24(33)34-25(2,3)4)13-17-12-18(26)10-11-19(17)32(20)23/h10-12,15-16H,5-9,13-14H2,1-4H3/t15-,16-. The van der Waals surface area contributed by atoms with Gasteiger partial charge in [-0.3, -0.25) is 4.57 Å². The Bertz CT molecular complexity index is 1240. The van der Waals surface area contributed by atoms with Crippen molar-refractivity contribution < 1.29 is 18.9 Å². The Morgan fingerprint density at radius 2 is 1.89 bits per heavy atom. The van der Waals surface area contributed by atoms with Gasteiger partial charge in [0.25, 0.3) is 0 Å². The molecule has 0 atom stereocenters. The molecule has 5 rings (SSSR count). The van der Waals surface area contributed by atoms with Gasteiger partial charge in [0, 0.05) is 23.3 Å². The largest absolute Gasteiger partial charge is 0.528 e. The first kappa shape index (κ1) is 24.7. The van der Waals surface area contributed by atoms with Gasteiger partial charge in [-0.25, -0.2) is 4.79 Å². The summed E-state index contributed by atoms with van der Waals surface area (Å²) in [5.74, 6) is 3.63. The van der Waals surface area contributed by atoms with Gasteiger partial charge in [0.15, 0.2) is 11.6 Å². The SMILES string of the molecule is CCc1nc([C@H]2CC[C@H](c3nnc4n3-c3ccc(Cl)cc3CN(OC(=O)OC(C)(C)C)C4)CC2)no1. The zero-order valence-corrected chi connectivity index (χ0v) is 21.8. The number of hydrogen-bond donors (Lipinski definition) is 0. The highest BCUT2D eigenvalue weighted by Gasteiger charge is 2.33. The Morgan fingerprint density at radius 1 is 1.14 bits per heavy atom. The minimum atomic E-state index is -0.759. The number of hydrogen-bond acceptors (Lipinski definition) is 9. The molecule has 2 aromatic heterocycles. The summed E-state index contributed by atoms with van der Waals surface area (Å²) in [4.78, 5) is 22.5. The van der Waals surface area contributed by atoms with Crippen molar-refractivity contribution in [2.75, 3.05) is 0 Å². The van der Waals surface area contributed by atoms with Gasteiger partial charge in [-0.15, -0.1) is 15.3 Å². The Balaban J connectivity index is 1.39. The molecule has 0 amide bonds. The maximum absolute atomic E-state index is 12.4. The average molecular weight is 515 g/mol. The van der Waals surface area contributed by atoms with Crippen LogP contribution in [-0.4, -0.2) is 41.7 Å². The van der Waals surface area contributed by atoms with E-state index >= 15 is 0 Å². The third kappa shape index (κ3) is 5.24. The molecular formula is C25H31ClN6O4. The number of rotatable bonds is 4. The van der Waals surface area contributed by atoms with Crippen molar-refractivity contribution in [1.29, 1.82) is 0 Å². The van der Waals surface area contributed by atoms with E-state index in [1.165, 1.54) is 0 Å². The van der Waals surface area contributed by atoms with Crippen molar-refractivity contribution >= 4 is 17.8 Å². The van der Waals surface area contributed by atoms with Gasteiger partial charge in [0.05, 0.1) is 18.8 Å². The number of carbonyl (C=O) groups excluding carboxylic acids is 1. The van der Waals surface area contributed by atoms with Crippen LogP contribution < -0.4 is 0 Å². The van der Waals surface area contributed by atoms with Crippen LogP contribution in [0.15, 0.2) is 22.7 Å². The Hall–Kier alpha value is -2.98. The lowest BCUT2D eigenvalue weighted by molar-refractivity contribution is -0.155. The average Bonchev–Trinajstić information content (AvgIpc) is 3.42. The van der Waals surface area contributed by atoms with Crippen molar-refractivity contribution in [1.82, 2.24) is 30.0 Å². The number of aromatic nitrogens is 5. The zero-order valence-electron chi connectivity index (χ0n) is 21.0. The number of fused-ring (bicyclic) bond motifs is 3. The molecule has 36 heavy (non-hydrogen) atoms. The molecule has 0 unspecified atom stereocenters. The number of carbonyl (C=O) groups is 1. The smallest absolute Gasteiger partial charge is 0.427 e. The number of aryl methyl sites for hydroxylation is 1. The van der Waals surface area contributed by atoms with Gasteiger partial charge in [-0.1, -0.05) is 23.7 Å². The van der Waals surface area contributed by atoms with Crippen molar-refractivity contribution in [3.63, 3.8) is 0 Å². The molecule has 1 saturated carbocycles. The van der Waals surface area contributed by atoms with Crippen molar-refractivity contribution in [2.45, 2.75) is 90.3 Å². The lowest BCUT2D eigenvalue weighted by atomic mass is 9.81. The monoisotopic (exact) mass is 514 g/mol. The molecule has 3 heterocycles. The first-order chi connectivity index (χ1) is 17.2. The molecule has 0 radical (unpaired) electrons. The lowest BCUT2D eigenvalue weighted by Gasteiger charge is -2.26. The summed E-state index contributed by atoms with van der Waals surface area (Å²) in [6, 6.07) is 5.72. The predicted molar refractivity (Wildman–Crippen MR) is 131 cm³/mol. The fourth-order valence-electron chi connectivity index (χ4n) is 4.89. The summed E-state index contributed by atoms with van der Waals surface area (Å²) < 4.78 is 12.8. The fraction of sp³-hybridized carbons (Fsp3) is 0.560. The number of nitrogens with zero attached hydrogens (tertiary/aromatic N) is 6. The molecule has 1 aromatic carbocycles. The molecule has 3 aromatic rings. The van der Waals surface area contributed by atoms with Gasteiger partial charge < -0.3 is 14.1 Å². The normalized spacial score (nSPS) is 20.4. The highest BCUT2D eigenvalue weighted by Crippen LogP contribution is 2.41. The summed E-state index contributed by atoms with van der Waals surface area (Å²) in [6.45, 7) is 8.02. The molecule has 2 aliphatic rings. The van der Waals surface area contributed by atoms with Gasteiger partial charge in [0.1, 0.15) is 11.4 Å². The van der Waals surface area contributed by atoms with E-state index in [0.29, 0.717) is 29.2 Å². The van der Waals surface area contributed by atoms with Crippen LogP contribution in [-0.2, 0) is 29.1 Å². The van der Waals surface area contributed by atoms with E-state index in [1.807, 2.05) is 25.1 Å². The summed E-state index contributed by atoms with van der Waals surface area (Å²) in [7, 11) is 0. The van der Waals surface area contributed by atoms with E-state index in [4.69, 9.17) is 25.7 Å². The molecule has 0 N–H and O–H groups in total. The van der Waals surface area contributed by atoms with Crippen LogP contribution >= 0.6 is 11.6 Å². The van der Waals surface area contributed by atoms with Gasteiger partial charge in [0.2, 0.25) is 5.89 Å². The lowest BCUT2D eigenvalue weighted by Crippen LogP contribution is -2.31. The molecule has 11 heteroatoms. The third-order valence-electron chi connectivity index (χ3n) is 6.54.